The van der Waals surface area contributed by atoms with E-state index in [9.17, 15) is 0 Å². The maximum atomic E-state index is 2.47. The van der Waals surface area contributed by atoms with Crippen molar-refractivity contribution in [3.05, 3.63) is 35.4 Å². The molecule has 76 valence electrons. The Hall–Kier alpha value is -0.0900. The van der Waals surface area contributed by atoms with Crippen molar-refractivity contribution in [2.24, 2.45) is 0 Å². The highest BCUT2D eigenvalue weighted by Gasteiger charge is 2.22. The fourth-order valence-corrected chi connectivity index (χ4v) is 2.97. The molecular weight excluding hydrogens is 285 g/mol. The quantitative estimate of drug-likeness (QED) is 0.596. The third-order valence-electron chi connectivity index (χ3n) is 2.91. The average molecular weight is 301 g/mol. The number of hydrogen-bond acceptors (Lipinski definition) is 1. The van der Waals surface area contributed by atoms with Crippen molar-refractivity contribution < 1.29 is 0 Å². The van der Waals surface area contributed by atoms with Crippen LogP contribution < -0.4 is 0 Å². The lowest BCUT2D eigenvalue weighted by atomic mass is 9.94. The van der Waals surface area contributed by atoms with E-state index in [0.717, 1.165) is 12.6 Å². The molecule has 0 bridgehead atoms. The molecule has 14 heavy (non-hydrogen) atoms. The summed E-state index contributed by atoms with van der Waals surface area (Å²) < 4.78 is 2.46. The number of benzene rings is 1. The summed E-state index contributed by atoms with van der Waals surface area (Å²) in [5.74, 6) is 0. The van der Waals surface area contributed by atoms with Gasteiger partial charge < -0.3 is 0 Å². The molecule has 0 N–H and O–H groups in total. The van der Waals surface area contributed by atoms with E-state index < -0.39 is 0 Å². The molecule has 0 unspecified atom stereocenters. The maximum Gasteiger partial charge on any atom is 0.0338 e. The minimum atomic E-state index is 0.746. The van der Waals surface area contributed by atoms with Gasteiger partial charge in [-0.15, -0.1) is 0 Å². The topological polar surface area (TPSA) is 3.24 Å². The van der Waals surface area contributed by atoms with E-state index in [2.05, 4.69) is 57.2 Å². The molecule has 0 aromatic heterocycles. The van der Waals surface area contributed by atoms with Crippen LogP contribution in [-0.2, 0) is 13.0 Å². The molecule has 1 aromatic rings. The summed E-state index contributed by atoms with van der Waals surface area (Å²) in [7, 11) is 0. The Morgan fingerprint density at radius 3 is 2.79 bits per heavy atom. The number of halogens is 1. The van der Waals surface area contributed by atoms with Gasteiger partial charge >= 0.3 is 0 Å². The zero-order valence-corrected chi connectivity index (χ0v) is 10.7. The second kappa shape index (κ2) is 4.62. The minimum Gasteiger partial charge on any atom is -0.240 e. The molecule has 1 aliphatic rings. The van der Waals surface area contributed by atoms with Gasteiger partial charge in [0.15, 0.2) is 0 Å². The first-order valence-corrected chi connectivity index (χ1v) is 6.27. The molecule has 2 rings (SSSR count). The zero-order chi connectivity index (χ0) is 9.97. The van der Waals surface area contributed by atoms with Crippen LogP contribution in [0.4, 0.5) is 0 Å². The van der Waals surface area contributed by atoms with Crippen molar-refractivity contribution in [3.63, 3.8) is 0 Å². The van der Waals surface area contributed by atoms with Gasteiger partial charge in [0.2, 0.25) is 0 Å². The van der Waals surface area contributed by atoms with Gasteiger partial charge in [0.1, 0.15) is 0 Å². The number of fused-ring (bicyclic) bond motifs is 1. The fraction of sp³-hybridized carbons (Fsp3) is 0.500. The molecule has 0 saturated heterocycles. The van der Waals surface area contributed by atoms with Crippen molar-refractivity contribution in [2.45, 2.75) is 38.8 Å². The van der Waals surface area contributed by atoms with Crippen LogP contribution in [0.2, 0.25) is 0 Å². The van der Waals surface area contributed by atoms with Gasteiger partial charge in [0, 0.05) is 35.5 Å². The minimum absolute atomic E-state index is 0.746. The van der Waals surface area contributed by atoms with Gasteiger partial charge in [-0.05, 0) is 24.0 Å². The van der Waals surface area contributed by atoms with Crippen molar-refractivity contribution in [2.75, 3.05) is 0 Å². The van der Waals surface area contributed by atoms with E-state index in [1.807, 2.05) is 0 Å². The third-order valence-corrected chi connectivity index (χ3v) is 4.04. The summed E-state index contributed by atoms with van der Waals surface area (Å²) in [5.41, 5.74) is 3.06. The first-order valence-electron chi connectivity index (χ1n) is 5.30. The van der Waals surface area contributed by atoms with E-state index in [1.54, 1.807) is 5.56 Å². The summed E-state index contributed by atoms with van der Waals surface area (Å²) in [6.07, 6.45) is 3.83. The lowest BCUT2D eigenvalue weighted by molar-refractivity contribution is 0.329. The lowest BCUT2D eigenvalue weighted by Gasteiger charge is -2.32. The Balaban J connectivity index is 2.18. The second-order valence-electron chi connectivity index (χ2n) is 3.97. The summed E-state index contributed by atoms with van der Waals surface area (Å²) in [6, 6.07) is 9.58. The zero-order valence-electron chi connectivity index (χ0n) is 8.54. The summed E-state index contributed by atoms with van der Waals surface area (Å²) in [5, 5.41) is 0. The van der Waals surface area contributed by atoms with Crippen LogP contribution in [0.5, 0.6) is 0 Å². The maximum absolute atomic E-state index is 2.47. The lowest BCUT2D eigenvalue weighted by Crippen LogP contribution is -2.33. The fourth-order valence-electron chi connectivity index (χ4n) is 2.13. The highest BCUT2D eigenvalue weighted by Crippen LogP contribution is 2.27. The van der Waals surface area contributed by atoms with Crippen LogP contribution >= 0.6 is 22.9 Å². The molecule has 0 saturated carbocycles. The van der Waals surface area contributed by atoms with E-state index in [0.29, 0.717) is 0 Å². The average Bonchev–Trinajstić information content (AvgIpc) is 2.19. The normalized spacial score (nSPS) is 22.0. The Labute approximate surface area is 100.0 Å². The van der Waals surface area contributed by atoms with Gasteiger partial charge in [-0.3, -0.25) is 0 Å². The number of nitrogens with zero attached hydrogens (tertiary/aromatic N) is 1. The third kappa shape index (κ3) is 2.11. The number of hydrogen-bond donors (Lipinski definition) is 0. The highest BCUT2D eigenvalue weighted by atomic mass is 127. The smallest absolute Gasteiger partial charge is 0.0338 e. The molecule has 0 spiro atoms. The van der Waals surface area contributed by atoms with Crippen LogP contribution in [0.25, 0.3) is 0 Å². The van der Waals surface area contributed by atoms with E-state index >= 15 is 0 Å². The molecule has 0 amide bonds. The molecule has 1 heterocycles. The van der Waals surface area contributed by atoms with Crippen molar-refractivity contribution >= 4 is 22.9 Å². The standard InChI is InChI=1S/C12H16IN/c1-2-5-12-8-10-6-3-4-7-11(10)9-14(12)13/h3-4,6-7,12H,2,5,8-9H2,1H3/t12-/m0/s1. The Bertz CT molecular complexity index is 311. The first kappa shape index (κ1) is 10.4. The monoisotopic (exact) mass is 301 g/mol. The van der Waals surface area contributed by atoms with Crippen molar-refractivity contribution in [1.29, 1.82) is 0 Å². The van der Waals surface area contributed by atoms with Crippen LogP contribution in [0.15, 0.2) is 24.3 Å². The van der Waals surface area contributed by atoms with Crippen molar-refractivity contribution in [1.82, 2.24) is 3.11 Å². The molecule has 0 aliphatic carbocycles. The van der Waals surface area contributed by atoms with Crippen molar-refractivity contribution in [3.8, 4) is 0 Å². The molecule has 1 aliphatic heterocycles. The summed E-state index contributed by atoms with van der Waals surface area (Å²) >= 11 is 2.47. The van der Waals surface area contributed by atoms with Crippen LogP contribution in [0.1, 0.15) is 30.9 Å². The Kier molecular flexibility index (Phi) is 3.44. The summed E-state index contributed by atoms with van der Waals surface area (Å²) in [6.45, 7) is 3.38. The molecular formula is C12H16IN. The molecule has 1 nitrogen and oxygen atoms in total. The second-order valence-corrected chi connectivity index (χ2v) is 5.21. The van der Waals surface area contributed by atoms with E-state index in [1.165, 1.54) is 24.8 Å². The molecule has 1 atom stereocenters. The summed E-state index contributed by atoms with van der Waals surface area (Å²) in [4.78, 5) is 0. The molecule has 1 aromatic carbocycles. The van der Waals surface area contributed by atoms with Gasteiger partial charge in [-0.1, -0.05) is 37.6 Å². The molecule has 2 heteroatoms. The first-order chi connectivity index (χ1) is 6.81. The van der Waals surface area contributed by atoms with Crippen LogP contribution in [-0.4, -0.2) is 9.16 Å². The number of rotatable bonds is 2. The predicted molar refractivity (Wildman–Crippen MR) is 68.4 cm³/mol. The van der Waals surface area contributed by atoms with Gasteiger partial charge in [-0.25, -0.2) is 3.11 Å². The predicted octanol–water partition coefficient (Wildman–Crippen LogP) is 3.56. The molecule has 0 fully saturated rings. The largest absolute Gasteiger partial charge is 0.240 e. The van der Waals surface area contributed by atoms with Gasteiger partial charge in [0.05, 0.1) is 0 Å². The highest BCUT2D eigenvalue weighted by molar-refractivity contribution is 14.1. The molecule has 0 radical (unpaired) electrons. The SMILES string of the molecule is CCC[C@H]1Cc2ccccc2CN1I. The van der Waals surface area contributed by atoms with Crippen LogP contribution in [0, 0.1) is 0 Å². The Morgan fingerprint density at radius 2 is 2.07 bits per heavy atom. The van der Waals surface area contributed by atoms with E-state index in [4.69, 9.17) is 0 Å². The van der Waals surface area contributed by atoms with Gasteiger partial charge in [0.25, 0.3) is 0 Å². The van der Waals surface area contributed by atoms with Gasteiger partial charge in [-0.2, -0.15) is 0 Å². The van der Waals surface area contributed by atoms with E-state index in [-0.39, 0.29) is 0 Å². The Morgan fingerprint density at radius 1 is 1.36 bits per heavy atom. The van der Waals surface area contributed by atoms with Crippen LogP contribution in [0.3, 0.4) is 0 Å².